The topological polar surface area (TPSA) is 57.7 Å². The van der Waals surface area contributed by atoms with Crippen molar-refractivity contribution in [2.45, 2.75) is 37.5 Å². The second kappa shape index (κ2) is 8.57. The lowest BCUT2D eigenvalue weighted by Crippen LogP contribution is -2.43. The Morgan fingerprint density at radius 1 is 0.963 bits per heavy atom. The summed E-state index contributed by atoms with van der Waals surface area (Å²) in [5, 5.41) is 0. The van der Waals surface area contributed by atoms with Crippen LogP contribution in [0.3, 0.4) is 0 Å². The van der Waals surface area contributed by atoms with E-state index in [9.17, 15) is 13.2 Å². The van der Waals surface area contributed by atoms with E-state index >= 15 is 0 Å². The number of nitrogens with zero attached hydrogens (tertiary/aromatic N) is 2. The first-order valence-electron chi connectivity index (χ1n) is 9.41. The average Bonchev–Trinajstić information content (AvgIpc) is 2.96. The van der Waals surface area contributed by atoms with Gasteiger partial charge in [-0.3, -0.25) is 9.10 Å². The maximum absolute atomic E-state index is 13.3. The smallest absolute Gasteiger partial charge is 0.264 e. The van der Waals surface area contributed by atoms with E-state index in [1.54, 1.807) is 47.4 Å². The third kappa shape index (κ3) is 4.69. The van der Waals surface area contributed by atoms with Crippen LogP contribution in [0.1, 0.15) is 31.2 Å². The van der Waals surface area contributed by atoms with Crippen molar-refractivity contribution in [1.29, 1.82) is 0 Å². The third-order valence-corrected chi connectivity index (χ3v) is 6.65. The predicted octanol–water partition coefficient (Wildman–Crippen LogP) is 3.59. The van der Waals surface area contributed by atoms with Gasteiger partial charge in [-0.2, -0.15) is 0 Å². The highest BCUT2D eigenvalue weighted by Crippen LogP contribution is 2.25. The standard InChI is InChI=1S/C21H26N2O3S/c1-18-10-9-11-19(16-18)23(27(25,26)20-12-5-4-6-13-20)17-21(24)22-14-7-2-3-8-15-22/h4-6,9-13,16H,2-3,7-8,14-15,17H2,1H3. The van der Waals surface area contributed by atoms with Gasteiger partial charge < -0.3 is 4.90 Å². The molecule has 0 N–H and O–H groups in total. The molecule has 1 fully saturated rings. The van der Waals surface area contributed by atoms with Gasteiger partial charge in [0.2, 0.25) is 5.91 Å². The first kappa shape index (κ1) is 19.4. The number of amides is 1. The van der Waals surface area contributed by atoms with E-state index in [1.807, 2.05) is 19.1 Å². The van der Waals surface area contributed by atoms with Gasteiger partial charge in [-0.1, -0.05) is 43.2 Å². The van der Waals surface area contributed by atoms with Crippen molar-refractivity contribution in [3.05, 3.63) is 60.2 Å². The van der Waals surface area contributed by atoms with Crippen LogP contribution in [0.15, 0.2) is 59.5 Å². The largest absolute Gasteiger partial charge is 0.341 e. The van der Waals surface area contributed by atoms with Crippen LogP contribution in [0.4, 0.5) is 5.69 Å². The summed E-state index contributed by atoms with van der Waals surface area (Å²) in [5.74, 6) is -0.141. The SMILES string of the molecule is Cc1cccc(N(CC(=O)N2CCCCCC2)S(=O)(=O)c2ccccc2)c1. The van der Waals surface area contributed by atoms with Crippen molar-refractivity contribution in [2.75, 3.05) is 23.9 Å². The van der Waals surface area contributed by atoms with Gasteiger partial charge in [0.1, 0.15) is 6.54 Å². The van der Waals surface area contributed by atoms with Gasteiger partial charge in [0, 0.05) is 13.1 Å². The third-order valence-electron chi connectivity index (χ3n) is 4.86. The summed E-state index contributed by atoms with van der Waals surface area (Å²) in [6, 6.07) is 15.6. The number of anilines is 1. The van der Waals surface area contributed by atoms with Crippen molar-refractivity contribution in [1.82, 2.24) is 4.90 Å². The number of likely N-dealkylation sites (tertiary alicyclic amines) is 1. The molecule has 0 unspecified atom stereocenters. The summed E-state index contributed by atoms with van der Waals surface area (Å²) in [6.45, 7) is 3.13. The fourth-order valence-electron chi connectivity index (χ4n) is 3.36. The number of carbonyl (C=O) groups excluding carboxylic acids is 1. The van der Waals surface area contributed by atoms with Crippen molar-refractivity contribution >= 4 is 21.6 Å². The number of hydrogen-bond donors (Lipinski definition) is 0. The van der Waals surface area contributed by atoms with E-state index in [2.05, 4.69) is 0 Å². The second-order valence-electron chi connectivity index (χ2n) is 6.96. The highest BCUT2D eigenvalue weighted by Gasteiger charge is 2.29. The first-order valence-corrected chi connectivity index (χ1v) is 10.8. The van der Waals surface area contributed by atoms with Crippen molar-refractivity contribution in [3.63, 3.8) is 0 Å². The van der Waals surface area contributed by atoms with Gasteiger partial charge in [0.15, 0.2) is 0 Å². The Morgan fingerprint density at radius 2 is 1.63 bits per heavy atom. The number of rotatable bonds is 5. The lowest BCUT2D eigenvalue weighted by molar-refractivity contribution is -0.129. The molecule has 2 aromatic carbocycles. The highest BCUT2D eigenvalue weighted by molar-refractivity contribution is 7.92. The summed E-state index contributed by atoms with van der Waals surface area (Å²) in [7, 11) is -3.83. The molecule has 1 saturated heterocycles. The number of hydrogen-bond acceptors (Lipinski definition) is 3. The Bertz CT molecular complexity index is 873. The minimum Gasteiger partial charge on any atom is -0.341 e. The molecule has 1 heterocycles. The lowest BCUT2D eigenvalue weighted by atomic mass is 10.2. The Hall–Kier alpha value is -2.34. The summed E-state index contributed by atoms with van der Waals surface area (Å²) < 4.78 is 27.8. The molecule has 5 nitrogen and oxygen atoms in total. The van der Waals surface area contributed by atoms with Crippen molar-refractivity contribution < 1.29 is 13.2 Å². The Morgan fingerprint density at radius 3 is 2.26 bits per heavy atom. The molecule has 1 aliphatic rings. The van der Waals surface area contributed by atoms with Gasteiger partial charge in [-0.25, -0.2) is 8.42 Å². The molecule has 0 aliphatic carbocycles. The molecule has 0 spiro atoms. The van der Waals surface area contributed by atoms with Gasteiger partial charge in [0.05, 0.1) is 10.6 Å². The maximum Gasteiger partial charge on any atom is 0.264 e. The van der Waals surface area contributed by atoms with E-state index in [4.69, 9.17) is 0 Å². The molecule has 0 atom stereocenters. The van der Waals surface area contributed by atoms with Gasteiger partial charge >= 0.3 is 0 Å². The quantitative estimate of drug-likeness (QED) is 0.789. The monoisotopic (exact) mass is 386 g/mol. The molecule has 0 saturated carbocycles. The van der Waals surface area contributed by atoms with Crippen molar-refractivity contribution in [2.24, 2.45) is 0 Å². The molecule has 1 amide bonds. The van der Waals surface area contributed by atoms with Crippen LogP contribution in [-0.4, -0.2) is 38.9 Å². The van der Waals surface area contributed by atoms with Crippen LogP contribution in [0.2, 0.25) is 0 Å². The zero-order chi connectivity index (χ0) is 19.3. The highest BCUT2D eigenvalue weighted by atomic mass is 32.2. The Balaban J connectivity index is 1.94. The Kier molecular flexibility index (Phi) is 6.16. The summed E-state index contributed by atoms with van der Waals surface area (Å²) in [5.41, 5.74) is 1.46. The van der Waals surface area contributed by atoms with Crippen LogP contribution < -0.4 is 4.31 Å². The van der Waals surface area contributed by atoms with E-state index in [1.165, 1.54) is 4.31 Å². The minimum absolute atomic E-state index is 0.141. The van der Waals surface area contributed by atoms with Gasteiger partial charge in [-0.05, 0) is 49.6 Å². The molecule has 0 bridgehead atoms. The molecule has 6 heteroatoms. The molecule has 2 aromatic rings. The molecule has 0 aromatic heterocycles. The van der Waals surface area contributed by atoms with E-state index in [-0.39, 0.29) is 17.3 Å². The van der Waals surface area contributed by atoms with Crippen LogP contribution in [-0.2, 0) is 14.8 Å². The van der Waals surface area contributed by atoms with E-state index in [0.29, 0.717) is 18.8 Å². The molecule has 144 valence electrons. The van der Waals surface area contributed by atoms with Crippen LogP contribution in [0, 0.1) is 6.92 Å². The van der Waals surface area contributed by atoms with Gasteiger partial charge in [0.25, 0.3) is 10.0 Å². The number of benzene rings is 2. The normalized spacial score (nSPS) is 15.2. The molecule has 0 radical (unpaired) electrons. The molecule has 3 rings (SSSR count). The summed E-state index contributed by atoms with van der Waals surface area (Å²) in [4.78, 5) is 14.9. The van der Waals surface area contributed by atoms with Crippen LogP contribution in [0.5, 0.6) is 0 Å². The molecule has 1 aliphatic heterocycles. The number of sulfonamides is 1. The lowest BCUT2D eigenvalue weighted by Gasteiger charge is -2.28. The summed E-state index contributed by atoms with van der Waals surface area (Å²) >= 11 is 0. The molecular formula is C21H26N2O3S. The zero-order valence-electron chi connectivity index (χ0n) is 15.7. The maximum atomic E-state index is 13.3. The van der Waals surface area contributed by atoms with Crippen molar-refractivity contribution in [3.8, 4) is 0 Å². The number of aryl methyl sites for hydroxylation is 1. The summed E-state index contributed by atoms with van der Waals surface area (Å²) in [6.07, 6.45) is 4.19. The van der Waals surface area contributed by atoms with Gasteiger partial charge in [-0.15, -0.1) is 0 Å². The first-order chi connectivity index (χ1) is 13.0. The fraction of sp³-hybridized carbons (Fsp3) is 0.381. The minimum atomic E-state index is -3.83. The van der Waals surface area contributed by atoms with Crippen LogP contribution >= 0.6 is 0 Å². The van der Waals surface area contributed by atoms with Crippen LogP contribution in [0.25, 0.3) is 0 Å². The predicted molar refractivity (Wildman–Crippen MR) is 107 cm³/mol. The zero-order valence-corrected chi connectivity index (χ0v) is 16.5. The van der Waals surface area contributed by atoms with E-state index < -0.39 is 10.0 Å². The molecular weight excluding hydrogens is 360 g/mol. The Labute approximate surface area is 161 Å². The van der Waals surface area contributed by atoms with E-state index in [0.717, 1.165) is 31.2 Å². The second-order valence-corrected chi connectivity index (χ2v) is 8.82. The number of carbonyl (C=O) groups is 1. The fourth-order valence-corrected chi connectivity index (χ4v) is 4.79. The average molecular weight is 387 g/mol. The molecule has 27 heavy (non-hydrogen) atoms.